The van der Waals surface area contributed by atoms with E-state index >= 15 is 0 Å². The van der Waals surface area contributed by atoms with E-state index in [-0.39, 0.29) is 30.7 Å². The van der Waals surface area contributed by atoms with Crippen molar-refractivity contribution in [1.82, 2.24) is 9.55 Å². The molecule has 0 aliphatic carbocycles. The van der Waals surface area contributed by atoms with E-state index in [9.17, 15) is 14.4 Å². The fraction of sp³-hybridized carbons (Fsp3) is 0.154. The Hall–Kier alpha value is -4.26. The van der Waals surface area contributed by atoms with E-state index in [4.69, 9.17) is 0 Å². The van der Waals surface area contributed by atoms with Crippen molar-refractivity contribution in [3.63, 3.8) is 0 Å². The number of anilines is 2. The summed E-state index contributed by atoms with van der Waals surface area (Å²) < 4.78 is 1.36. The van der Waals surface area contributed by atoms with Crippen LogP contribution in [-0.4, -0.2) is 21.4 Å². The number of benzene rings is 3. The number of nitrogens with one attached hydrogen (secondary N) is 1. The van der Waals surface area contributed by atoms with Crippen LogP contribution >= 0.6 is 0 Å². The molecule has 0 fully saturated rings. The molecular weight excluding hydrogens is 416 g/mol. The molecule has 4 aromatic rings. The SMILES string of the molecule is CC(=O)N(Cc1ccc(C)cc1)c1nc2ccccc2n(CC(=O)Nc2ccccc2)c1=O. The van der Waals surface area contributed by atoms with Crippen molar-refractivity contribution in [2.75, 3.05) is 10.2 Å². The highest BCUT2D eigenvalue weighted by Gasteiger charge is 2.21. The van der Waals surface area contributed by atoms with Crippen LogP contribution in [0.4, 0.5) is 11.5 Å². The quantitative estimate of drug-likeness (QED) is 0.493. The number of rotatable bonds is 6. The van der Waals surface area contributed by atoms with Crippen LogP contribution in [0.15, 0.2) is 83.7 Å². The Bertz CT molecular complexity index is 1360. The Morgan fingerprint density at radius 2 is 1.61 bits per heavy atom. The Kier molecular flexibility index (Phi) is 6.31. The van der Waals surface area contributed by atoms with E-state index in [1.165, 1.54) is 16.4 Å². The predicted molar refractivity (Wildman–Crippen MR) is 129 cm³/mol. The second kappa shape index (κ2) is 9.48. The minimum absolute atomic E-state index is 0.00529. The van der Waals surface area contributed by atoms with E-state index in [1.807, 2.05) is 49.4 Å². The van der Waals surface area contributed by atoms with Gasteiger partial charge in [0.25, 0.3) is 5.56 Å². The van der Waals surface area contributed by atoms with Gasteiger partial charge in [-0.2, -0.15) is 0 Å². The third kappa shape index (κ3) is 4.98. The van der Waals surface area contributed by atoms with E-state index in [0.717, 1.165) is 11.1 Å². The van der Waals surface area contributed by atoms with Crippen LogP contribution in [0.3, 0.4) is 0 Å². The summed E-state index contributed by atoms with van der Waals surface area (Å²) in [5.41, 5.74) is 3.16. The molecule has 0 saturated carbocycles. The van der Waals surface area contributed by atoms with Crippen molar-refractivity contribution in [1.29, 1.82) is 0 Å². The van der Waals surface area contributed by atoms with Gasteiger partial charge in [-0.3, -0.25) is 23.9 Å². The number of para-hydroxylation sites is 3. The monoisotopic (exact) mass is 440 g/mol. The van der Waals surface area contributed by atoms with Gasteiger partial charge in [0.2, 0.25) is 17.6 Å². The second-order valence-electron chi connectivity index (χ2n) is 7.82. The largest absolute Gasteiger partial charge is 0.325 e. The normalized spacial score (nSPS) is 10.7. The molecule has 0 atom stereocenters. The maximum absolute atomic E-state index is 13.5. The molecule has 3 aromatic carbocycles. The summed E-state index contributed by atoms with van der Waals surface area (Å²) in [5.74, 6) is -0.663. The van der Waals surface area contributed by atoms with Gasteiger partial charge in [-0.25, -0.2) is 4.98 Å². The molecule has 33 heavy (non-hydrogen) atoms. The van der Waals surface area contributed by atoms with Crippen LogP contribution in [0.5, 0.6) is 0 Å². The first kappa shape index (κ1) is 22.0. The maximum Gasteiger partial charge on any atom is 0.294 e. The van der Waals surface area contributed by atoms with Crippen LogP contribution in [0.1, 0.15) is 18.1 Å². The van der Waals surface area contributed by atoms with Crippen molar-refractivity contribution < 1.29 is 9.59 Å². The zero-order chi connectivity index (χ0) is 23.4. The fourth-order valence-electron chi connectivity index (χ4n) is 3.59. The first-order valence-electron chi connectivity index (χ1n) is 10.6. The number of carbonyl (C=O) groups is 2. The highest BCUT2D eigenvalue weighted by atomic mass is 16.2. The zero-order valence-electron chi connectivity index (χ0n) is 18.5. The summed E-state index contributed by atoms with van der Waals surface area (Å²) in [6.07, 6.45) is 0. The number of hydrogen-bond donors (Lipinski definition) is 1. The van der Waals surface area contributed by atoms with Crippen molar-refractivity contribution in [3.8, 4) is 0 Å². The Morgan fingerprint density at radius 1 is 0.939 bits per heavy atom. The van der Waals surface area contributed by atoms with Crippen LogP contribution in [0.2, 0.25) is 0 Å². The summed E-state index contributed by atoms with van der Waals surface area (Å²) in [4.78, 5) is 44.6. The van der Waals surface area contributed by atoms with Crippen molar-refractivity contribution in [3.05, 3.63) is 100 Å². The molecule has 1 aromatic heterocycles. The Morgan fingerprint density at radius 3 is 2.30 bits per heavy atom. The molecule has 1 heterocycles. The maximum atomic E-state index is 13.5. The molecule has 7 heteroatoms. The molecule has 166 valence electrons. The summed E-state index contributed by atoms with van der Waals surface area (Å²) in [5, 5.41) is 2.80. The molecule has 0 bridgehead atoms. The lowest BCUT2D eigenvalue weighted by Crippen LogP contribution is -2.38. The van der Waals surface area contributed by atoms with Gasteiger partial charge in [0, 0.05) is 12.6 Å². The van der Waals surface area contributed by atoms with Crippen molar-refractivity contribution in [2.24, 2.45) is 0 Å². The van der Waals surface area contributed by atoms with Crippen LogP contribution in [-0.2, 0) is 22.7 Å². The standard InChI is InChI=1S/C26H24N4O3/c1-18-12-14-20(15-13-18)16-29(19(2)31)25-26(33)30(23-11-7-6-10-22(23)28-25)17-24(32)27-21-8-4-3-5-9-21/h3-15H,16-17H2,1-2H3,(H,27,32). The number of nitrogens with zero attached hydrogens (tertiary/aromatic N) is 3. The van der Waals surface area contributed by atoms with Crippen LogP contribution in [0.25, 0.3) is 11.0 Å². The summed E-state index contributed by atoms with van der Waals surface area (Å²) >= 11 is 0. The number of amides is 2. The molecule has 0 spiro atoms. The molecule has 0 radical (unpaired) electrons. The topological polar surface area (TPSA) is 84.3 Å². The number of aromatic nitrogens is 2. The number of fused-ring (bicyclic) bond motifs is 1. The van der Waals surface area contributed by atoms with Gasteiger partial charge in [0.05, 0.1) is 17.6 Å². The van der Waals surface area contributed by atoms with E-state index in [0.29, 0.717) is 16.7 Å². The van der Waals surface area contributed by atoms with Crippen LogP contribution in [0, 0.1) is 6.92 Å². The zero-order valence-corrected chi connectivity index (χ0v) is 18.5. The molecule has 0 unspecified atom stereocenters. The lowest BCUT2D eigenvalue weighted by Gasteiger charge is -2.21. The number of hydrogen-bond acceptors (Lipinski definition) is 4. The molecule has 0 aliphatic heterocycles. The molecular formula is C26H24N4O3. The minimum atomic E-state index is -0.501. The summed E-state index contributed by atoms with van der Waals surface area (Å²) in [6, 6.07) is 23.8. The fourth-order valence-corrected chi connectivity index (χ4v) is 3.59. The van der Waals surface area contributed by atoms with Gasteiger partial charge < -0.3 is 5.32 Å². The molecule has 1 N–H and O–H groups in total. The summed E-state index contributed by atoms with van der Waals surface area (Å²) in [7, 11) is 0. The third-order valence-corrected chi connectivity index (χ3v) is 5.29. The highest BCUT2D eigenvalue weighted by molar-refractivity contribution is 5.93. The molecule has 2 amide bonds. The van der Waals surface area contributed by atoms with Gasteiger partial charge >= 0.3 is 0 Å². The van der Waals surface area contributed by atoms with Gasteiger partial charge in [-0.15, -0.1) is 0 Å². The van der Waals surface area contributed by atoms with Gasteiger partial charge in [0.1, 0.15) is 6.54 Å². The predicted octanol–water partition coefficient (Wildman–Crippen LogP) is 3.90. The lowest BCUT2D eigenvalue weighted by atomic mass is 10.1. The molecule has 0 saturated heterocycles. The van der Waals surface area contributed by atoms with E-state index < -0.39 is 5.56 Å². The number of aryl methyl sites for hydroxylation is 1. The average molecular weight is 441 g/mol. The highest BCUT2D eigenvalue weighted by Crippen LogP contribution is 2.18. The Labute approximate surface area is 191 Å². The molecule has 7 nitrogen and oxygen atoms in total. The third-order valence-electron chi connectivity index (χ3n) is 5.29. The molecule has 4 rings (SSSR count). The summed E-state index contributed by atoms with van der Waals surface area (Å²) in [6.45, 7) is 3.37. The Balaban J connectivity index is 1.74. The number of carbonyl (C=O) groups excluding carboxylic acids is 2. The minimum Gasteiger partial charge on any atom is -0.325 e. The van der Waals surface area contributed by atoms with Crippen LogP contribution < -0.4 is 15.8 Å². The van der Waals surface area contributed by atoms with Crippen molar-refractivity contribution in [2.45, 2.75) is 26.9 Å². The lowest BCUT2D eigenvalue weighted by molar-refractivity contribution is -0.117. The smallest absolute Gasteiger partial charge is 0.294 e. The van der Waals surface area contributed by atoms with Crippen molar-refractivity contribution >= 4 is 34.4 Å². The van der Waals surface area contributed by atoms with E-state index in [1.54, 1.807) is 36.4 Å². The van der Waals surface area contributed by atoms with Gasteiger partial charge in [-0.1, -0.05) is 60.2 Å². The second-order valence-corrected chi connectivity index (χ2v) is 7.82. The van der Waals surface area contributed by atoms with E-state index in [2.05, 4.69) is 10.3 Å². The molecule has 0 aliphatic rings. The average Bonchev–Trinajstić information content (AvgIpc) is 2.81. The first-order valence-corrected chi connectivity index (χ1v) is 10.6. The van der Waals surface area contributed by atoms with Gasteiger partial charge in [-0.05, 0) is 36.8 Å². The van der Waals surface area contributed by atoms with Gasteiger partial charge in [0.15, 0.2) is 0 Å². The first-order chi connectivity index (χ1) is 15.9.